The third kappa shape index (κ3) is 3.03. The second-order valence-corrected chi connectivity index (χ2v) is 7.10. The molecule has 0 spiro atoms. The van der Waals surface area contributed by atoms with Crippen molar-refractivity contribution in [1.82, 2.24) is 5.32 Å². The second-order valence-electron chi connectivity index (χ2n) is 7.10. The van der Waals surface area contributed by atoms with E-state index in [4.69, 9.17) is 5.73 Å². The van der Waals surface area contributed by atoms with E-state index in [0.717, 1.165) is 36.9 Å². The Morgan fingerprint density at radius 2 is 1.83 bits per heavy atom. The molecule has 0 bridgehead atoms. The van der Waals surface area contributed by atoms with Crippen LogP contribution in [0, 0.1) is 0 Å². The van der Waals surface area contributed by atoms with Crippen molar-refractivity contribution < 1.29 is 4.79 Å². The van der Waals surface area contributed by atoms with Crippen LogP contribution in [0.1, 0.15) is 53.1 Å². The molecule has 2 aliphatic rings. The number of nitrogens with two attached hydrogens (primary N) is 1. The molecule has 1 atom stereocenters. The lowest BCUT2D eigenvalue weighted by Crippen LogP contribution is -2.32. The van der Waals surface area contributed by atoms with Gasteiger partial charge >= 0.3 is 0 Å². The lowest BCUT2D eigenvalue weighted by Gasteiger charge is -2.26. The summed E-state index contributed by atoms with van der Waals surface area (Å²) in [7, 11) is 0. The Kier molecular flexibility index (Phi) is 4.01. The number of aryl methyl sites for hydroxylation is 3. The van der Waals surface area contributed by atoms with Gasteiger partial charge in [-0.05, 0) is 78.5 Å². The molecule has 0 aromatic heterocycles. The van der Waals surface area contributed by atoms with Crippen molar-refractivity contribution in [2.24, 2.45) is 0 Å². The van der Waals surface area contributed by atoms with Gasteiger partial charge in [0.2, 0.25) is 5.91 Å². The van der Waals surface area contributed by atoms with Crippen LogP contribution in [0.2, 0.25) is 0 Å². The minimum Gasteiger partial charge on any atom is -0.399 e. The van der Waals surface area contributed by atoms with Crippen LogP contribution in [-0.2, 0) is 30.5 Å². The van der Waals surface area contributed by atoms with Crippen LogP contribution in [0.25, 0.3) is 0 Å². The van der Waals surface area contributed by atoms with E-state index in [9.17, 15) is 4.79 Å². The summed E-state index contributed by atoms with van der Waals surface area (Å²) in [5, 5.41) is 3.23. The van der Waals surface area contributed by atoms with Crippen LogP contribution >= 0.6 is 0 Å². The van der Waals surface area contributed by atoms with Gasteiger partial charge < -0.3 is 11.1 Å². The fraction of sp³-hybridized carbons (Fsp3) is 0.381. The topological polar surface area (TPSA) is 55.1 Å². The Labute approximate surface area is 143 Å². The maximum atomic E-state index is 12.5. The van der Waals surface area contributed by atoms with Gasteiger partial charge in [0.25, 0.3) is 0 Å². The smallest absolute Gasteiger partial charge is 0.224 e. The van der Waals surface area contributed by atoms with Gasteiger partial charge in [0, 0.05) is 5.69 Å². The van der Waals surface area contributed by atoms with Crippen LogP contribution in [0.3, 0.4) is 0 Å². The highest BCUT2D eigenvalue weighted by Crippen LogP contribution is 2.31. The Hall–Kier alpha value is -2.29. The number of fused-ring (bicyclic) bond motifs is 2. The molecule has 1 amide bonds. The molecule has 2 aromatic rings. The summed E-state index contributed by atoms with van der Waals surface area (Å²) in [4.78, 5) is 12.5. The van der Waals surface area contributed by atoms with Gasteiger partial charge in [0.05, 0.1) is 12.5 Å². The van der Waals surface area contributed by atoms with E-state index in [1.54, 1.807) is 0 Å². The molecule has 0 saturated carbocycles. The predicted octanol–water partition coefficient (Wildman–Crippen LogP) is 3.49. The summed E-state index contributed by atoms with van der Waals surface area (Å²) in [6.45, 7) is 0. The quantitative estimate of drug-likeness (QED) is 0.851. The van der Waals surface area contributed by atoms with E-state index < -0.39 is 0 Å². The second kappa shape index (κ2) is 6.31. The first kappa shape index (κ1) is 15.3. The SMILES string of the molecule is Nc1ccc2c(c1)CCCC2NC(=O)Cc1ccc2c(c1)CCC2. The third-order valence-electron chi connectivity index (χ3n) is 5.34. The highest BCUT2D eigenvalue weighted by molar-refractivity contribution is 5.79. The Morgan fingerprint density at radius 1 is 1.00 bits per heavy atom. The average Bonchev–Trinajstić information content (AvgIpc) is 3.02. The summed E-state index contributed by atoms with van der Waals surface area (Å²) in [5.41, 5.74) is 13.2. The average molecular weight is 320 g/mol. The third-order valence-corrected chi connectivity index (χ3v) is 5.34. The zero-order valence-electron chi connectivity index (χ0n) is 14.0. The molecule has 0 fully saturated rings. The first-order chi connectivity index (χ1) is 11.7. The first-order valence-electron chi connectivity index (χ1n) is 8.97. The van der Waals surface area contributed by atoms with Gasteiger partial charge in [-0.25, -0.2) is 0 Å². The summed E-state index contributed by atoms with van der Waals surface area (Å²) in [5.74, 6) is 0.114. The van der Waals surface area contributed by atoms with Crippen molar-refractivity contribution in [2.75, 3.05) is 5.73 Å². The van der Waals surface area contributed by atoms with Gasteiger partial charge in [0.1, 0.15) is 0 Å². The zero-order valence-corrected chi connectivity index (χ0v) is 14.0. The molecule has 2 aliphatic carbocycles. The van der Waals surface area contributed by atoms with E-state index in [2.05, 4.69) is 29.6 Å². The lowest BCUT2D eigenvalue weighted by molar-refractivity contribution is -0.121. The van der Waals surface area contributed by atoms with Crippen LogP contribution in [0.15, 0.2) is 36.4 Å². The molecule has 124 valence electrons. The molecule has 1 unspecified atom stereocenters. The number of nitrogen functional groups attached to an aromatic ring is 1. The van der Waals surface area contributed by atoms with Gasteiger partial charge in [-0.3, -0.25) is 4.79 Å². The number of hydrogen-bond acceptors (Lipinski definition) is 2. The van der Waals surface area contributed by atoms with E-state index in [-0.39, 0.29) is 11.9 Å². The molecule has 2 aromatic carbocycles. The summed E-state index contributed by atoms with van der Waals surface area (Å²) < 4.78 is 0. The van der Waals surface area contributed by atoms with Crippen LogP contribution in [0.5, 0.6) is 0 Å². The van der Waals surface area contributed by atoms with Crippen LogP contribution < -0.4 is 11.1 Å². The molecule has 0 saturated heterocycles. The molecule has 3 heteroatoms. The number of carbonyl (C=O) groups is 1. The molecular weight excluding hydrogens is 296 g/mol. The monoisotopic (exact) mass is 320 g/mol. The van der Waals surface area contributed by atoms with Crippen molar-refractivity contribution in [2.45, 2.75) is 51.0 Å². The largest absolute Gasteiger partial charge is 0.399 e. The normalized spacial score (nSPS) is 18.8. The Morgan fingerprint density at radius 3 is 2.75 bits per heavy atom. The standard InChI is InChI=1S/C21H24N2O/c22-18-9-10-19-17(13-18)5-2-6-20(19)23-21(24)12-14-7-8-15-3-1-4-16(15)11-14/h7-11,13,20H,1-6,12,22H2,(H,23,24). The highest BCUT2D eigenvalue weighted by Gasteiger charge is 2.22. The molecule has 0 radical (unpaired) electrons. The van der Waals surface area contributed by atoms with E-state index in [1.165, 1.54) is 35.1 Å². The minimum absolute atomic E-state index is 0.114. The molecule has 3 N–H and O–H groups in total. The lowest BCUT2D eigenvalue weighted by atomic mass is 9.87. The van der Waals surface area contributed by atoms with E-state index >= 15 is 0 Å². The Balaban J connectivity index is 1.45. The fourth-order valence-corrected chi connectivity index (χ4v) is 4.15. The fourth-order valence-electron chi connectivity index (χ4n) is 4.15. The molecule has 0 heterocycles. The van der Waals surface area contributed by atoms with Gasteiger partial charge in [0.15, 0.2) is 0 Å². The predicted molar refractivity (Wildman–Crippen MR) is 96.8 cm³/mol. The summed E-state index contributed by atoms with van der Waals surface area (Å²) in [6.07, 6.45) is 7.21. The zero-order chi connectivity index (χ0) is 16.5. The number of carbonyl (C=O) groups excluding carboxylic acids is 1. The van der Waals surface area contributed by atoms with Crippen molar-refractivity contribution in [1.29, 1.82) is 0 Å². The summed E-state index contributed by atoms with van der Waals surface area (Å²) in [6, 6.07) is 12.7. The van der Waals surface area contributed by atoms with Gasteiger partial charge in [-0.2, -0.15) is 0 Å². The molecule has 24 heavy (non-hydrogen) atoms. The van der Waals surface area contributed by atoms with Crippen molar-refractivity contribution in [3.8, 4) is 0 Å². The molecule has 3 nitrogen and oxygen atoms in total. The molecule has 4 rings (SSSR count). The van der Waals surface area contributed by atoms with Crippen LogP contribution in [-0.4, -0.2) is 5.91 Å². The van der Waals surface area contributed by atoms with E-state index in [1.807, 2.05) is 12.1 Å². The van der Waals surface area contributed by atoms with E-state index in [0.29, 0.717) is 6.42 Å². The highest BCUT2D eigenvalue weighted by atomic mass is 16.1. The number of benzene rings is 2. The molecular formula is C21H24N2O. The molecule has 0 aliphatic heterocycles. The van der Waals surface area contributed by atoms with Gasteiger partial charge in [-0.15, -0.1) is 0 Å². The number of nitrogens with one attached hydrogen (secondary N) is 1. The van der Waals surface area contributed by atoms with Crippen molar-refractivity contribution in [3.63, 3.8) is 0 Å². The minimum atomic E-state index is 0.114. The van der Waals surface area contributed by atoms with Crippen molar-refractivity contribution in [3.05, 3.63) is 64.2 Å². The number of rotatable bonds is 3. The summed E-state index contributed by atoms with van der Waals surface area (Å²) >= 11 is 0. The van der Waals surface area contributed by atoms with Gasteiger partial charge in [-0.1, -0.05) is 24.3 Å². The maximum absolute atomic E-state index is 12.5. The van der Waals surface area contributed by atoms with Crippen molar-refractivity contribution >= 4 is 11.6 Å². The number of amides is 1. The van der Waals surface area contributed by atoms with Crippen LogP contribution in [0.4, 0.5) is 5.69 Å². The maximum Gasteiger partial charge on any atom is 0.224 e. The first-order valence-corrected chi connectivity index (χ1v) is 8.97. The number of anilines is 1. The Bertz CT molecular complexity index is 781. The number of hydrogen-bond donors (Lipinski definition) is 2.